The summed E-state index contributed by atoms with van der Waals surface area (Å²) >= 11 is 0. The van der Waals surface area contributed by atoms with Gasteiger partial charge in [-0.2, -0.15) is 0 Å². The Labute approximate surface area is 101 Å². The minimum Gasteiger partial charge on any atom is -0.368 e. The summed E-state index contributed by atoms with van der Waals surface area (Å²) in [6, 6.07) is 1.12. The molecule has 0 spiro atoms. The number of nitrogens with zero attached hydrogens (tertiary/aromatic N) is 1. The van der Waals surface area contributed by atoms with E-state index in [1.54, 1.807) is 0 Å². The number of benzene rings is 1. The zero-order valence-electron chi connectivity index (χ0n) is 9.66. The van der Waals surface area contributed by atoms with Crippen LogP contribution in [0.5, 0.6) is 0 Å². The Morgan fingerprint density at radius 1 is 1.39 bits per heavy atom. The van der Waals surface area contributed by atoms with Crippen molar-refractivity contribution >= 4 is 17.3 Å². The van der Waals surface area contributed by atoms with Crippen molar-refractivity contribution in [1.82, 2.24) is 0 Å². The van der Waals surface area contributed by atoms with E-state index in [4.69, 9.17) is 5.73 Å². The monoisotopic (exact) mass is 259 g/mol. The Bertz CT molecular complexity index is 494. The molecule has 1 aromatic rings. The number of hydrogen-bond acceptors (Lipinski definition) is 4. The molecule has 98 valence electrons. The van der Waals surface area contributed by atoms with Crippen molar-refractivity contribution in [3.8, 4) is 0 Å². The third-order valence-electron chi connectivity index (χ3n) is 2.29. The van der Waals surface area contributed by atoms with Crippen molar-refractivity contribution < 1.29 is 18.5 Å². The average molecular weight is 259 g/mol. The summed E-state index contributed by atoms with van der Waals surface area (Å²) in [6.45, 7) is 2.66. The van der Waals surface area contributed by atoms with Crippen LogP contribution in [0.25, 0.3) is 0 Å². The molecule has 0 aliphatic carbocycles. The van der Waals surface area contributed by atoms with Gasteiger partial charge in [0.05, 0.1) is 17.1 Å². The van der Waals surface area contributed by atoms with Gasteiger partial charge in [0.15, 0.2) is 11.6 Å². The van der Waals surface area contributed by atoms with Gasteiger partial charge in [0.2, 0.25) is 5.91 Å². The molecule has 0 saturated carbocycles. The highest BCUT2D eigenvalue weighted by Crippen LogP contribution is 2.27. The lowest BCUT2D eigenvalue weighted by Gasteiger charge is -2.24. The molecule has 0 saturated heterocycles. The first-order chi connectivity index (χ1) is 8.15. The fourth-order valence-electron chi connectivity index (χ4n) is 1.16. The first kappa shape index (κ1) is 13.8. The number of nitro benzene ring substituents is 1. The highest BCUT2D eigenvalue weighted by molar-refractivity contribution is 5.87. The summed E-state index contributed by atoms with van der Waals surface area (Å²) in [5, 5.41) is 12.7. The summed E-state index contributed by atoms with van der Waals surface area (Å²) in [6.07, 6.45) is 0. The predicted octanol–water partition coefficient (Wildman–Crippen LogP) is 1.55. The van der Waals surface area contributed by atoms with E-state index in [9.17, 15) is 23.7 Å². The quantitative estimate of drug-likeness (QED) is 0.633. The van der Waals surface area contributed by atoms with E-state index in [0.717, 1.165) is 0 Å². The molecule has 3 N–H and O–H groups in total. The van der Waals surface area contributed by atoms with Gasteiger partial charge >= 0.3 is 0 Å². The van der Waals surface area contributed by atoms with Gasteiger partial charge < -0.3 is 11.1 Å². The lowest BCUT2D eigenvalue weighted by Crippen LogP contribution is -2.45. The van der Waals surface area contributed by atoms with Crippen LogP contribution in [0.4, 0.5) is 20.2 Å². The molecule has 1 amide bonds. The Hall–Kier alpha value is -2.25. The molecule has 0 unspecified atom stereocenters. The molecule has 1 rings (SSSR count). The summed E-state index contributed by atoms with van der Waals surface area (Å²) in [7, 11) is 0. The Morgan fingerprint density at radius 2 is 1.83 bits per heavy atom. The fraction of sp³-hybridized carbons (Fsp3) is 0.300. The fourth-order valence-corrected chi connectivity index (χ4v) is 1.16. The third kappa shape index (κ3) is 2.70. The maximum absolute atomic E-state index is 13.5. The number of rotatable bonds is 4. The van der Waals surface area contributed by atoms with Gasteiger partial charge in [-0.25, -0.2) is 8.78 Å². The topological polar surface area (TPSA) is 98.3 Å². The summed E-state index contributed by atoms with van der Waals surface area (Å²) in [4.78, 5) is 20.5. The van der Waals surface area contributed by atoms with Crippen molar-refractivity contribution in [1.29, 1.82) is 0 Å². The van der Waals surface area contributed by atoms with Crippen LogP contribution < -0.4 is 11.1 Å². The largest absolute Gasteiger partial charge is 0.368 e. The number of hydrogen-bond donors (Lipinski definition) is 2. The first-order valence-corrected chi connectivity index (χ1v) is 4.86. The van der Waals surface area contributed by atoms with Crippen LogP contribution in [0, 0.1) is 21.7 Å². The normalized spacial score (nSPS) is 11.1. The second-order valence-corrected chi connectivity index (χ2v) is 4.16. The van der Waals surface area contributed by atoms with Crippen LogP contribution in [0.3, 0.4) is 0 Å². The van der Waals surface area contributed by atoms with E-state index in [2.05, 4.69) is 5.32 Å². The molecule has 0 radical (unpaired) electrons. The molecular formula is C10H11F2N3O3. The molecule has 0 atom stereocenters. The highest BCUT2D eigenvalue weighted by atomic mass is 19.1. The number of primary amides is 1. The maximum atomic E-state index is 13.5. The van der Waals surface area contributed by atoms with Crippen LogP contribution in [0.2, 0.25) is 0 Å². The Balaban J connectivity index is 3.20. The second kappa shape index (κ2) is 4.55. The highest BCUT2D eigenvalue weighted by Gasteiger charge is 2.28. The average Bonchev–Trinajstić information content (AvgIpc) is 2.22. The SMILES string of the molecule is CC(C)(Nc1c(F)cc([N+](=O)[O-])cc1F)C(N)=O. The van der Waals surface area contributed by atoms with Crippen molar-refractivity contribution in [2.24, 2.45) is 5.73 Å². The van der Waals surface area contributed by atoms with E-state index < -0.39 is 39.4 Å². The predicted molar refractivity (Wildman–Crippen MR) is 59.9 cm³/mol. The lowest BCUT2D eigenvalue weighted by molar-refractivity contribution is -0.385. The summed E-state index contributed by atoms with van der Waals surface area (Å²) < 4.78 is 27.0. The minimum absolute atomic E-state index is 0.558. The van der Waals surface area contributed by atoms with Crippen molar-refractivity contribution in [3.05, 3.63) is 33.9 Å². The van der Waals surface area contributed by atoms with Crippen LogP contribution in [0.1, 0.15) is 13.8 Å². The molecule has 8 heteroatoms. The van der Waals surface area contributed by atoms with Crippen LogP contribution in [-0.4, -0.2) is 16.4 Å². The lowest BCUT2D eigenvalue weighted by atomic mass is 10.0. The molecule has 0 aromatic heterocycles. The van der Waals surface area contributed by atoms with E-state index >= 15 is 0 Å². The number of carbonyl (C=O) groups is 1. The van der Waals surface area contributed by atoms with Gasteiger partial charge in [0.25, 0.3) is 5.69 Å². The van der Waals surface area contributed by atoms with Crippen molar-refractivity contribution in [2.75, 3.05) is 5.32 Å². The Kier molecular flexibility index (Phi) is 3.49. The zero-order valence-corrected chi connectivity index (χ0v) is 9.66. The number of amides is 1. The molecule has 1 aromatic carbocycles. The molecular weight excluding hydrogens is 248 g/mol. The van der Waals surface area contributed by atoms with E-state index in [-0.39, 0.29) is 0 Å². The van der Waals surface area contributed by atoms with Crippen LogP contribution in [-0.2, 0) is 4.79 Å². The second-order valence-electron chi connectivity index (χ2n) is 4.16. The number of nitro groups is 1. The molecule has 18 heavy (non-hydrogen) atoms. The standard InChI is InChI=1S/C10H11F2N3O3/c1-10(2,9(13)16)14-8-6(11)3-5(15(17)18)4-7(8)12/h3-4,14H,1-2H3,(H2,13,16). The smallest absolute Gasteiger partial charge is 0.275 e. The van der Waals surface area contributed by atoms with E-state index in [1.165, 1.54) is 13.8 Å². The van der Waals surface area contributed by atoms with Gasteiger partial charge in [-0.05, 0) is 13.8 Å². The first-order valence-electron chi connectivity index (χ1n) is 4.86. The number of anilines is 1. The number of halogens is 2. The van der Waals surface area contributed by atoms with Gasteiger partial charge in [0, 0.05) is 0 Å². The van der Waals surface area contributed by atoms with E-state index in [1.807, 2.05) is 0 Å². The maximum Gasteiger partial charge on any atom is 0.275 e. The van der Waals surface area contributed by atoms with Crippen molar-refractivity contribution in [3.63, 3.8) is 0 Å². The zero-order chi connectivity index (χ0) is 14.1. The molecule has 6 nitrogen and oxygen atoms in total. The van der Waals surface area contributed by atoms with Gasteiger partial charge in [-0.15, -0.1) is 0 Å². The molecule has 0 bridgehead atoms. The number of carbonyl (C=O) groups excluding carboxylic acids is 1. The van der Waals surface area contributed by atoms with Crippen molar-refractivity contribution in [2.45, 2.75) is 19.4 Å². The Morgan fingerprint density at radius 3 is 2.17 bits per heavy atom. The number of non-ortho nitro benzene ring substituents is 1. The van der Waals surface area contributed by atoms with Crippen LogP contribution >= 0.6 is 0 Å². The summed E-state index contributed by atoms with van der Waals surface area (Å²) in [5.41, 5.74) is 2.30. The van der Waals surface area contributed by atoms with E-state index in [0.29, 0.717) is 12.1 Å². The van der Waals surface area contributed by atoms with Gasteiger partial charge in [0.1, 0.15) is 11.2 Å². The molecule has 0 fully saturated rings. The van der Waals surface area contributed by atoms with Crippen LogP contribution in [0.15, 0.2) is 12.1 Å². The molecule has 0 aliphatic heterocycles. The third-order valence-corrected chi connectivity index (χ3v) is 2.29. The minimum atomic E-state index is -1.39. The van der Waals surface area contributed by atoms with Gasteiger partial charge in [-0.1, -0.05) is 0 Å². The molecule has 0 aliphatic rings. The number of nitrogens with two attached hydrogens (primary N) is 1. The van der Waals surface area contributed by atoms with Gasteiger partial charge in [-0.3, -0.25) is 14.9 Å². The number of nitrogens with one attached hydrogen (secondary N) is 1. The molecule has 0 heterocycles. The summed E-state index contributed by atoms with van der Waals surface area (Å²) in [5.74, 6) is -3.16.